The maximum Gasteiger partial charge on any atom is 2.00 e. The van der Waals surface area contributed by atoms with Gasteiger partial charge in [0.2, 0.25) is 0 Å². The quantitative estimate of drug-likeness (QED) is 0.644. The summed E-state index contributed by atoms with van der Waals surface area (Å²) in [6.45, 7) is 4.23. The van der Waals surface area contributed by atoms with Gasteiger partial charge in [-0.05, 0) is 60.1 Å². The molecule has 2 rings (SSSR count). The van der Waals surface area contributed by atoms with Crippen LogP contribution in [0.3, 0.4) is 0 Å². The second kappa shape index (κ2) is 14.7. The second-order valence-corrected chi connectivity index (χ2v) is 6.18. The smallest absolute Gasteiger partial charge is 0.545 e. The Kier molecular flexibility index (Phi) is 13.9. The zero-order valence-corrected chi connectivity index (χ0v) is 18.4. The van der Waals surface area contributed by atoms with Crippen LogP contribution in [0.25, 0.3) is 0 Å². The van der Waals surface area contributed by atoms with Crippen molar-refractivity contribution in [3.05, 3.63) is 70.8 Å². The van der Waals surface area contributed by atoms with Crippen LogP contribution in [0.2, 0.25) is 0 Å². The molecule has 0 atom stereocenters. The van der Waals surface area contributed by atoms with E-state index in [1.165, 1.54) is 0 Å². The molecule has 0 saturated heterocycles. The topological polar surface area (TPSA) is 80.3 Å². The molecule has 0 aromatic heterocycles. The van der Waals surface area contributed by atoms with Crippen LogP contribution in [0.5, 0.6) is 0 Å². The molecule has 0 heterocycles. The molecule has 0 bridgehead atoms. The van der Waals surface area contributed by atoms with E-state index >= 15 is 0 Å². The second-order valence-electron chi connectivity index (χ2n) is 6.18. The molecule has 0 radical (unpaired) electrons. The Morgan fingerprint density at radius 2 is 1.11 bits per heavy atom. The van der Waals surface area contributed by atoms with Gasteiger partial charge < -0.3 is 19.8 Å². The minimum atomic E-state index is -1.10. The fourth-order valence-electron chi connectivity index (χ4n) is 2.47. The van der Waals surface area contributed by atoms with Crippen molar-refractivity contribution in [3.63, 3.8) is 0 Å². The molecule has 0 amide bonds. The average Bonchev–Trinajstić information content (AvgIpc) is 2.65. The van der Waals surface area contributed by atoms with Gasteiger partial charge in [0.25, 0.3) is 0 Å². The number of aryl methyl sites for hydroxylation is 2. The van der Waals surface area contributed by atoms with Gasteiger partial charge in [0.1, 0.15) is 0 Å². The fourth-order valence-corrected chi connectivity index (χ4v) is 2.47. The van der Waals surface area contributed by atoms with Crippen LogP contribution in [0.15, 0.2) is 48.5 Å². The third-order valence-corrected chi connectivity index (χ3v) is 3.96. The van der Waals surface area contributed by atoms with E-state index in [1.807, 2.05) is 12.1 Å². The molecule has 0 aliphatic heterocycles. The first kappa shape index (κ1) is 25.6. The molecule has 2 aromatic rings. The summed E-state index contributed by atoms with van der Waals surface area (Å²) >= 11 is 0. The van der Waals surface area contributed by atoms with Gasteiger partial charge in [0.05, 0.1) is 11.9 Å². The Morgan fingerprint density at radius 1 is 0.741 bits per heavy atom. The standard InChI is InChI=1S/2C11H14O2.Ca/c2*1-2-3-5-9-6-4-7-10(8-9)11(12)13;/h2*4,6-8H,2-3,5H2,1H3,(H,12,13);/q;;+2/p-2. The predicted octanol–water partition coefficient (Wildman–Crippen LogP) is 2.40. The first-order chi connectivity index (χ1) is 12.5. The molecular weight excluding hydrogens is 368 g/mol. The molecule has 2 aromatic carbocycles. The van der Waals surface area contributed by atoms with Gasteiger partial charge in [-0.25, -0.2) is 0 Å². The van der Waals surface area contributed by atoms with Crippen molar-refractivity contribution in [2.75, 3.05) is 0 Å². The van der Waals surface area contributed by atoms with Crippen molar-refractivity contribution in [2.24, 2.45) is 0 Å². The number of aromatic carboxylic acids is 2. The Hall–Kier alpha value is -1.36. The number of benzene rings is 2. The van der Waals surface area contributed by atoms with Crippen molar-refractivity contribution in [3.8, 4) is 0 Å². The maximum atomic E-state index is 10.5. The summed E-state index contributed by atoms with van der Waals surface area (Å²) < 4.78 is 0. The first-order valence-corrected chi connectivity index (χ1v) is 9.08. The van der Waals surface area contributed by atoms with Gasteiger partial charge >= 0.3 is 37.7 Å². The first-order valence-electron chi connectivity index (χ1n) is 9.08. The summed E-state index contributed by atoms with van der Waals surface area (Å²) in [4.78, 5) is 21.0. The predicted molar refractivity (Wildman–Crippen MR) is 105 cm³/mol. The van der Waals surface area contributed by atoms with Crippen LogP contribution in [-0.4, -0.2) is 49.7 Å². The number of rotatable bonds is 8. The number of carbonyl (C=O) groups is 2. The maximum absolute atomic E-state index is 10.5. The Bertz CT molecular complexity index is 651. The zero-order chi connectivity index (χ0) is 19.4. The zero-order valence-electron chi connectivity index (χ0n) is 16.2. The monoisotopic (exact) mass is 394 g/mol. The van der Waals surface area contributed by atoms with E-state index in [0.29, 0.717) is 0 Å². The molecular formula is C22H26CaO4. The summed E-state index contributed by atoms with van der Waals surface area (Å²) in [7, 11) is 0. The number of unbranched alkanes of at least 4 members (excludes halogenated alkanes) is 2. The normalized spacial score (nSPS) is 9.56. The van der Waals surface area contributed by atoms with Gasteiger partial charge in [-0.1, -0.05) is 63.1 Å². The van der Waals surface area contributed by atoms with Gasteiger partial charge in [0, 0.05) is 0 Å². The van der Waals surface area contributed by atoms with Gasteiger partial charge in [-0.15, -0.1) is 0 Å². The molecule has 0 fully saturated rings. The number of carboxylic acids is 2. The Balaban J connectivity index is 0.000000483. The van der Waals surface area contributed by atoms with Crippen molar-refractivity contribution >= 4 is 49.7 Å². The summed E-state index contributed by atoms with van der Waals surface area (Å²) in [5.41, 5.74) is 2.69. The molecule has 140 valence electrons. The van der Waals surface area contributed by atoms with Crippen molar-refractivity contribution in [2.45, 2.75) is 52.4 Å². The molecule has 0 aliphatic rings. The summed E-state index contributed by atoms with van der Waals surface area (Å²) in [6.07, 6.45) is 6.31. The number of carbonyl (C=O) groups excluding carboxylic acids is 2. The molecule has 0 unspecified atom stereocenters. The number of carboxylic acid groups (broad SMARTS) is 2. The van der Waals surface area contributed by atoms with E-state index < -0.39 is 11.9 Å². The minimum Gasteiger partial charge on any atom is -0.545 e. The van der Waals surface area contributed by atoms with E-state index in [9.17, 15) is 19.8 Å². The Labute approximate surface area is 191 Å². The van der Waals surface area contributed by atoms with Crippen molar-refractivity contribution in [1.82, 2.24) is 0 Å². The van der Waals surface area contributed by atoms with Crippen LogP contribution >= 0.6 is 0 Å². The SMILES string of the molecule is CCCCc1cccc(C(=O)[O-])c1.CCCCc1cccc(C(=O)[O-])c1.[Ca+2]. The number of hydrogen-bond acceptors (Lipinski definition) is 4. The van der Waals surface area contributed by atoms with Crippen molar-refractivity contribution < 1.29 is 19.8 Å². The van der Waals surface area contributed by atoms with E-state index in [1.54, 1.807) is 36.4 Å². The molecule has 0 aliphatic carbocycles. The Morgan fingerprint density at radius 3 is 1.41 bits per heavy atom. The summed E-state index contributed by atoms with van der Waals surface area (Å²) in [6, 6.07) is 13.9. The van der Waals surface area contributed by atoms with E-state index in [2.05, 4.69) is 13.8 Å². The molecule has 0 N–H and O–H groups in total. The number of hydrogen-bond donors (Lipinski definition) is 0. The molecule has 27 heavy (non-hydrogen) atoms. The molecule has 5 heteroatoms. The van der Waals surface area contributed by atoms with Crippen molar-refractivity contribution in [1.29, 1.82) is 0 Å². The fraction of sp³-hybridized carbons (Fsp3) is 0.364. The largest absolute Gasteiger partial charge is 2.00 e. The third-order valence-electron chi connectivity index (χ3n) is 3.96. The third kappa shape index (κ3) is 10.5. The van der Waals surface area contributed by atoms with Crippen LogP contribution in [0.1, 0.15) is 71.4 Å². The van der Waals surface area contributed by atoms with Gasteiger partial charge in [-0.3, -0.25) is 0 Å². The minimum absolute atomic E-state index is 0. The van der Waals surface area contributed by atoms with Crippen LogP contribution < -0.4 is 10.2 Å². The molecule has 0 spiro atoms. The van der Waals surface area contributed by atoms with Crippen LogP contribution in [-0.2, 0) is 12.8 Å². The van der Waals surface area contributed by atoms with E-state index in [-0.39, 0.29) is 48.9 Å². The molecule has 4 nitrogen and oxygen atoms in total. The van der Waals surface area contributed by atoms with Gasteiger partial charge in [0.15, 0.2) is 0 Å². The van der Waals surface area contributed by atoms with Crippen LogP contribution in [0.4, 0.5) is 0 Å². The summed E-state index contributed by atoms with van der Waals surface area (Å²) in [5.74, 6) is -2.20. The van der Waals surface area contributed by atoms with Gasteiger partial charge in [-0.2, -0.15) is 0 Å². The molecule has 0 saturated carbocycles. The summed E-state index contributed by atoms with van der Waals surface area (Å²) in [5, 5.41) is 21.0. The van der Waals surface area contributed by atoms with E-state index in [0.717, 1.165) is 49.7 Å². The average molecular weight is 395 g/mol. The van der Waals surface area contributed by atoms with E-state index in [4.69, 9.17) is 0 Å². The van der Waals surface area contributed by atoms with Crippen LogP contribution in [0, 0.1) is 0 Å².